The summed E-state index contributed by atoms with van der Waals surface area (Å²) in [5.41, 5.74) is -0.184. The molecular formula is C25H30F2O6. The second kappa shape index (κ2) is 10.5. The van der Waals surface area contributed by atoms with Crippen LogP contribution < -0.4 is 9.47 Å². The summed E-state index contributed by atoms with van der Waals surface area (Å²) in [5, 5.41) is 8.70. The average molecular weight is 465 g/mol. The summed E-state index contributed by atoms with van der Waals surface area (Å²) in [6.45, 7) is 4.51. The van der Waals surface area contributed by atoms with Crippen LogP contribution in [0.2, 0.25) is 0 Å². The lowest BCUT2D eigenvalue weighted by molar-refractivity contribution is -0.148. The van der Waals surface area contributed by atoms with Crippen molar-refractivity contribution in [1.29, 1.82) is 0 Å². The summed E-state index contributed by atoms with van der Waals surface area (Å²) in [4.78, 5) is 10.6. The lowest BCUT2D eigenvalue weighted by atomic mass is 9.74. The third-order valence-corrected chi connectivity index (χ3v) is 6.19. The molecule has 0 amide bonds. The molecule has 1 N–H and O–H groups in total. The van der Waals surface area contributed by atoms with E-state index in [4.69, 9.17) is 24.1 Å². The van der Waals surface area contributed by atoms with E-state index in [-0.39, 0.29) is 23.5 Å². The van der Waals surface area contributed by atoms with Crippen molar-refractivity contribution in [2.24, 2.45) is 5.41 Å². The van der Waals surface area contributed by atoms with Crippen LogP contribution in [0.25, 0.3) is 0 Å². The minimum Gasteiger partial charge on any atom is -0.497 e. The van der Waals surface area contributed by atoms with Crippen LogP contribution in [0.15, 0.2) is 36.4 Å². The number of hydrogen-bond acceptors (Lipinski definition) is 5. The number of benzene rings is 2. The standard InChI is InChI=1S/C25H30F2O6/c1-4-25(6-5-24(2,16-32-25)7-8-31-15-23(28)29)17-9-18(26)12-21(10-17)33-22-13-19(27)11-20(14-22)30-3/h9-14H,4-8,15-16H2,1-3H3,(H,28,29). The molecular weight excluding hydrogens is 434 g/mol. The number of hydrogen-bond donors (Lipinski definition) is 1. The number of ether oxygens (including phenoxy) is 4. The van der Waals surface area contributed by atoms with Crippen molar-refractivity contribution in [3.8, 4) is 17.2 Å². The molecule has 0 bridgehead atoms. The summed E-state index contributed by atoms with van der Waals surface area (Å²) in [6, 6.07) is 8.38. The molecule has 6 nitrogen and oxygen atoms in total. The molecule has 8 heteroatoms. The van der Waals surface area contributed by atoms with E-state index >= 15 is 0 Å². The molecule has 0 aromatic heterocycles. The van der Waals surface area contributed by atoms with E-state index in [0.717, 1.165) is 6.42 Å². The van der Waals surface area contributed by atoms with Crippen LogP contribution >= 0.6 is 0 Å². The molecule has 2 aromatic rings. The molecule has 0 radical (unpaired) electrons. The van der Waals surface area contributed by atoms with Gasteiger partial charge in [-0.1, -0.05) is 13.8 Å². The summed E-state index contributed by atoms with van der Waals surface area (Å²) in [7, 11) is 1.43. The SMILES string of the molecule is CCC1(c2cc(F)cc(Oc3cc(F)cc(OC)c3)c2)CCC(C)(CCOCC(=O)O)CO1. The molecule has 1 aliphatic heterocycles. The lowest BCUT2D eigenvalue weighted by Crippen LogP contribution is -2.42. The first kappa shape index (κ1) is 24.9. The Hall–Kier alpha value is -2.71. The van der Waals surface area contributed by atoms with Crippen LogP contribution in [0.5, 0.6) is 17.2 Å². The van der Waals surface area contributed by atoms with E-state index in [1.165, 1.54) is 37.4 Å². The molecule has 1 fully saturated rings. The fourth-order valence-electron chi connectivity index (χ4n) is 4.08. The van der Waals surface area contributed by atoms with Gasteiger partial charge in [0.2, 0.25) is 0 Å². The van der Waals surface area contributed by atoms with Crippen molar-refractivity contribution in [1.82, 2.24) is 0 Å². The van der Waals surface area contributed by atoms with E-state index in [9.17, 15) is 13.6 Å². The smallest absolute Gasteiger partial charge is 0.329 e. The third-order valence-electron chi connectivity index (χ3n) is 6.19. The van der Waals surface area contributed by atoms with Crippen molar-refractivity contribution >= 4 is 5.97 Å². The quantitative estimate of drug-likeness (QED) is 0.456. The summed E-state index contributed by atoms with van der Waals surface area (Å²) in [6.07, 6.45) is 2.77. The molecule has 3 rings (SSSR count). The fourth-order valence-corrected chi connectivity index (χ4v) is 4.08. The van der Waals surface area contributed by atoms with Crippen LogP contribution in [0.3, 0.4) is 0 Å². The molecule has 0 saturated carbocycles. The molecule has 1 aliphatic rings. The highest BCUT2D eigenvalue weighted by molar-refractivity contribution is 5.67. The Morgan fingerprint density at radius 1 is 1.06 bits per heavy atom. The van der Waals surface area contributed by atoms with Gasteiger partial charge in [-0.3, -0.25) is 0 Å². The van der Waals surface area contributed by atoms with Crippen molar-refractivity contribution in [2.45, 2.75) is 45.1 Å². The summed E-state index contributed by atoms with van der Waals surface area (Å²) in [5.74, 6) is -1.25. The molecule has 33 heavy (non-hydrogen) atoms. The number of carboxylic acids is 1. The van der Waals surface area contributed by atoms with E-state index in [1.807, 2.05) is 6.92 Å². The van der Waals surface area contributed by atoms with E-state index < -0.39 is 23.2 Å². The lowest BCUT2D eigenvalue weighted by Gasteiger charge is -2.45. The van der Waals surface area contributed by atoms with Crippen molar-refractivity contribution < 1.29 is 37.6 Å². The molecule has 2 unspecified atom stereocenters. The largest absolute Gasteiger partial charge is 0.497 e. The van der Waals surface area contributed by atoms with Gasteiger partial charge in [-0.15, -0.1) is 0 Å². The number of aliphatic carboxylic acids is 1. The van der Waals surface area contributed by atoms with Crippen LogP contribution in [-0.4, -0.2) is 38.0 Å². The maximum absolute atomic E-state index is 14.5. The highest BCUT2D eigenvalue weighted by Crippen LogP contribution is 2.46. The molecule has 1 heterocycles. The zero-order valence-corrected chi connectivity index (χ0v) is 19.2. The molecule has 2 atom stereocenters. The third kappa shape index (κ3) is 6.42. The predicted molar refractivity (Wildman–Crippen MR) is 118 cm³/mol. The van der Waals surface area contributed by atoms with Crippen LogP contribution in [0, 0.1) is 17.0 Å². The minimum atomic E-state index is -0.995. The monoisotopic (exact) mass is 464 g/mol. The predicted octanol–water partition coefficient (Wildman–Crippen LogP) is 5.68. The van der Waals surface area contributed by atoms with Crippen molar-refractivity contribution in [2.75, 3.05) is 26.9 Å². The number of carboxylic acid groups (broad SMARTS) is 1. The maximum Gasteiger partial charge on any atom is 0.329 e. The number of halogens is 2. The number of rotatable bonds is 10. The number of carbonyl (C=O) groups is 1. The minimum absolute atomic E-state index is 0.165. The zero-order valence-electron chi connectivity index (χ0n) is 19.2. The average Bonchev–Trinajstić information content (AvgIpc) is 2.76. The van der Waals surface area contributed by atoms with Gasteiger partial charge in [0.05, 0.1) is 19.3 Å². The molecule has 0 spiro atoms. The van der Waals surface area contributed by atoms with Gasteiger partial charge >= 0.3 is 5.97 Å². The highest BCUT2D eigenvalue weighted by Gasteiger charge is 2.41. The van der Waals surface area contributed by atoms with Crippen LogP contribution in [0.4, 0.5) is 8.78 Å². The molecule has 2 aromatic carbocycles. The van der Waals surface area contributed by atoms with Gasteiger partial charge in [-0.05, 0) is 48.8 Å². The first-order valence-corrected chi connectivity index (χ1v) is 10.9. The molecule has 180 valence electrons. The van der Waals surface area contributed by atoms with Crippen LogP contribution in [-0.2, 0) is 19.9 Å². The molecule has 0 aliphatic carbocycles. The maximum atomic E-state index is 14.5. The Kier molecular flexibility index (Phi) is 7.92. The second-order valence-electron chi connectivity index (χ2n) is 8.75. The Morgan fingerprint density at radius 3 is 2.33 bits per heavy atom. The first-order valence-electron chi connectivity index (χ1n) is 10.9. The first-order chi connectivity index (χ1) is 15.7. The van der Waals surface area contributed by atoms with Gasteiger partial charge in [0.15, 0.2) is 0 Å². The van der Waals surface area contributed by atoms with E-state index in [0.29, 0.717) is 43.8 Å². The van der Waals surface area contributed by atoms with Crippen molar-refractivity contribution in [3.05, 3.63) is 53.6 Å². The zero-order chi connectivity index (χ0) is 24.1. The van der Waals surface area contributed by atoms with Gasteiger partial charge < -0.3 is 24.1 Å². The van der Waals surface area contributed by atoms with E-state index in [1.54, 1.807) is 6.07 Å². The molecule has 1 saturated heterocycles. The fraction of sp³-hybridized carbons (Fsp3) is 0.480. The van der Waals surface area contributed by atoms with Crippen molar-refractivity contribution in [3.63, 3.8) is 0 Å². The van der Waals surface area contributed by atoms with Gasteiger partial charge in [-0.2, -0.15) is 0 Å². The van der Waals surface area contributed by atoms with Gasteiger partial charge in [0, 0.05) is 30.9 Å². The highest BCUT2D eigenvalue weighted by atomic mass is 19.1. The Labute approximate surface area is 192 Å². The number of methoxy groups -OCH3 is 1. The summed E-state index contributed by atoms with van der Waals surface area (Å²) < 4.78 is 50.7. The normalized spacial score (nSPS) is 22.7. The Morgan fingerprint density at radius 2 is 1.73 bits per heavy atom. The van der Waals surface area contributed by atoms with E-state index in [2.05, 4.69) is 6.92 Å². The summed E-state index contributed by atoms with van der Waals surface area (Å²) >= 11 is 0. The van der Waals surface area contributed by atoms with Gasteiger partial charge in [0.1, 0.15) is 35.5 Å². The Bertz CT molecular complexity index is 969. The van der Waals surface area contributed by atoms with Crippen LogP contribution in [0.1, 0.15) is 45.1 Å². The Balaban J connectivity index is 1.74. The second-order valence-corrected chi connectivity index (χ2v) is 8.75. The topological polar surface area (TPSA) is 74.2 Å². The van der Waals surface area contributed by atoms with Gasteiger partial charge in [0.25, 0.3) is 0 Å². The van der Waals surface area contributed by atoms with Gasteiger partial charge in [-0.25, -0.2) is 13.6 Å².